The molecule has 9 heteroatoms. The molecule has 4 rings (SSSR count). The van der Waals surface area contributed by atoms with E-state index in [-0.39, 0.29) is 5.69 Å². The van der Waals surface area contributed by atoms with Crippen molar-refractivity contribution in [3.05, 3.63) is 86.3 Å². The second-order valence-electron chi connectivity index (χ2n) is 6.44. The van der Waals surface area contributed by atoms with Crippen LogP contribution in [0.1, 0.15) is 16.1 Å². The van der Waals surface area contributed by atoms with Gasteiger partial charge in [0.05, 0.1) is 31.3 Å². The molecule has 0 unspecified atom stereocenters. The molecular weight excluding hydrogens is 463 g/mol. The third kappa shape index (κ3) is 3.85. The van der Waals surface area contributed by atoms with Gasteiger partial charge in [0.2, 0.25) is 0 Å². The molecule has 2 heterocycles. The highest BCUT2D eigenvalue weighted by Crippen LogP contribution is 2.37. The molecule has 0 aliphatic heterocycles. The van der Waals surface area contributed by atoms with E-state index in [9.17, 15) is 4.79 Å². The Morgan fingerprint density at radius 2 is 1.80 bits per heavy atom. The Balaban J connectivity index is 1.89. The molecule has 0 bridgehead atoms. The van der Waals surface area contributed by atoms with Gasteiger partial charge in [-0.25, -0.2) is 15.5 Å². The molecule has 5 nitrogen and oxygen atoms in total. The Hall–Kier alpha value is -2.35. The van der Waals surface area contributed by atoms with Crippen LogP contribution in [-0.2, 0) is 0 Å². The van der Waals surface area contributed by atoms with Crippen molar-refractivity contribution >= 4 is 57.7 Å². The zero-order valence-electron chi connectivity index (χ0n) is 15.6. The molecule has 152 valence electrons. The fourth-order valence-electron chi connectivity index (χ4n) is 3.08. The summed E-state index contributed by atoms with van der Waals surface area (Å²) in [5, 5.41) is 6.57. The first-order chi connectivity index (χ1) is 14.4. The van der Waals surface area contributed by atoms with Crippen molar-refractivity contribution in [1.82, 2.24) is 9.78 Å². The van der Waals surface area contributed by atoms with Crippen LogP contribution in [0.4, 0.5) is 5.69 Å². The van der Waals surface area contributed by atoms with Crippen LogP contribution in [0.25, 0.3) is 16.3 Å². The molecule has 0 fully saturated rings. The molecule has 0 saturated carbocycles. The highest BCUT2D eigenvalue weighted by atomic mass is 35.5. The number of amides is 1. The normalized spacial score (nSPS) is 11.0. The lowest BCUT2D eigenvalue weighted by Gasteiger charge is -2.15. The van der Waals surface area contributed by atoms with Crippen molar-refractivity contribution < 1.29 is 4.79 Å². The third-order valence-corrected chi connectivity index (χ3v) is 6.30. The summed E-state index contributed by atoms with van der Waals surface area (Å²) in [5.41, 5.74) is 2.73. The maximum absolute atomic E-state index is 13.2. The third-order valence-electron chi connectivity index (χ3n) is 4.52. The summed E-state index contributed by atoms with van der Waals surface area (Å²) in [7, 11) is 0. The van der Waals surface area contributed by atoms with Crippen LogP contribution < -0.4 is 10.9 Å². The number of nitrogens with two attached hydrogens (primary N) is 1. The first kappa shape index (κ1) is 20.9. The predicted octanol–water partition coefficient (Wildman–Crippen LogP) is 6.39. The van der Waals surface area contributed by atoms with E-state index in [1.807, 2.05) is 19.1 Å². The van der Waals surface area contributed by atoms with Crippen molar-refractivity contribution in [2.45, 2.75) is 6.92 Å². The van der Waals surface area contributed by atoms with Crippen LogP contribution in [-0.4, -0.2) is 15.7 Å². The maximum atomic E-state index is 13.2. The van der Waals surface area contributed by atoms with Gasteiger partial charge >= 0.3 is 0 Å². The Morgan fingerprint density at radius 1 is 1.07 bits per heavy atom. The maximum Gasteiger partial charge on any atom is 0.293 e. The summed E-state index contributed by atoms with van der Waals surface area (Å²) in [6, 6.07) is 17.7. The second-order valence-corrected chi connectivity index (χ2v) is 9.00. The number of rotatable bonds is 4. The Bertz CT molecular complexity index is 1240. The molecule has 0 aliphatic carbocycles. The molecule has 0 aliphatic rings. The van der Waals surface area contributed by atoms with E-state index in [2.05, 4.69) is 5.10 Å². The summed E-state index contributed by atoms with van der Waals surface area (Å²) in [5.74, 6) is 5.66. The van der Waals surface area contributed by atoms with Gasteiger partial charge in [-0.3, -0.25) is 4.79 Å². The molecule has 1 amide bonds. The highest BCUT2D eigenvalue weighted by molar-refractivity contribution is 7.19. The monoisotopic (exact) mass is 476 g/mol. The summed E-state index contributed by atoms with van der Waals surface area (Å²) in [6.45, 7) is 1.82. The van der Waals surface area contributed by atoms with Gasteiger partial charge < -0.3 is 0 Å². The van der Waals surface area contributed by atoms with Crippen molar-refractivity contribution in [1.29, 1.82) is 0 Å². The van der Waals surface area contributed by atoms with Crippen LogP contribution in [0.3, 0.4) is 0 Å². The van der Waals surface area contributed by atoms with E-state index in [1.165, 1.54) is 11.3 Å². The second kappa shape index (κ2) is 8.41. The minimum atomic E-state index is -0.438. The van der Waals surface area contributed by atoms with Crippen molar-refractivity contribution in [2.24, 2.45) is 5.84 Å². The van der Waals surface area contributed by atoms with Gasteiger partial charge in [-0.2, -0.15) is 5.10 Å². The SMILES string of the molecule is Cc1c(C(=O)N(N)c2ccccc2)nn(-c2ccc(Cl)cc2Cl)c1-c1ccc(Cl)s1. The largest absolute Gasteiger partial charge is 0.293 e. The lowest BCUT2D eigenvalue weighted by Crippen LogP contribution is -2.38. The van der Waals surface area contributed by atoms with Crippen LogP contribution in [0, 0.1) is 6.92 Å². The van der Waals surface area contributed by atoms with Gasteiger partial charge in [-0.15, -0.1) is 11.3 Å². The first-order valence-electron chi connectivity index (χ1n) is 8.81. The van der Waals surface area contributed by atoms with Crippen molar-refractivity contribution in [3.63, 3.8) is 0 Å². The lowest BCUT2D eigenvalue weighted by atomic mass is 10.1. The van der Waals surface area contributed by atoms with Crippen molar-refractivity contribution in [3.8, 4) is 16.3 Å². The molecule has 0 radical (unpaired) electrons. The molecule has 4 aromatic rings. The molecule has 0 atom stereocenters. The number of benzene rings is 2. The van der Waals surface area contributed by atoms with Gasteiger partial charge in [0.1, 0.15) is 0 Å². The van der Waals surface area contributed by atoms with Crippen molar-refractivity contribution in [2.75, 3.05) is 5.01 Å². The van der Waals surface area contributed by atoms with E-state index in [1.54, 1.807) is 53.2 Å². The number of carbonyl (C=O) groups excluding carboxylic acids is 1. The Morgan fingerprint density at radius 3 is 2.43 bits per heavy atom. The summed E-state index contributed by atoms with van der Waals surface area (Å²) >= 11 is 20.0. The van der Waals surface area contributed by atoms with Gasteiger partial charge in [-0.1, -0.05) is 53.0 Å². The minimum absolute atomic E-state index is 0.215. The fourth-order valence-corrected chi connectivity index (χ4v) is 4.70. The molecule has 2 aromatic heterocycles. The standard InChI is InChI=1S/C21H15Cl3N4OS/c1-12-19(21(29)27(25)14-5-3-2-4-6-14)26-28(16-8-7-13(22)11-15(16)23)20(12)17-9-10-18(24)30-17/h2-11H,25H2,1H3. The van der Waals surface area contributed by atoms with E-state index < -0.39 is 5.91 Å². The summed E-state index contributed by atoms with van der Waals surface area (Å²) in [6.07, 6.45) is 0. The number of hydrogen-bond acceptors (Lipinski definition) is 4. The van der Waals surface area contributed by atoms with Gasteiger partial charge in [0, 0.05) is 10.6 Å². The Labute approximate surface area is 192 Å². The van der Waals surface area contributed by atoms with Crippen LogP contribution in [0.2, 0.25) is 14.4 Å². The van der Waals surface area contributed by atoms with E-state index >= 15 is 0 Å². The number of hydrazine groups is 1. The predicted molar refractivity (Wildman–Crippen MR) is 124 cm³/mol. The summed E-state index contributed by atoms with van der Waals surface area (Å²) in [4.78, 5) is 14.0. The van der Waals surface area contributed by atoms with Gasteiger partial charge in [0.15, 0.2) is 5.69 Å². The number of aromatic nitrogens is 2. The van der Waals surface area contributed by atoms with Crippen LogP contribution >= 0.6 is 46.1 Å². The number of nitrogens with zero attached hydrogens (tertiary/aromatic N) is 3. The number of carbonyl (C=O) groups is 1. The minimum Gasteiger partial charge on any atom is -0.265 e. The van der Waals surface area contributed by atoms with Gasteiger partial charge in [-0.05, 0) is 49.4 Å². The number of hydrogen-bond donors (Lipinski definition) is 1. The topological polar surface area (TPSA) is 64.2 Å². The smallest absolute Gasteiger partial charge is 0.265 e. The average molecular weight is 478 g/mol. The Kier molecular flexibility index (Phi) is 5.86. The molecule has 0 spiro atoms. The molecule has 2 N–H and O–H groups in total. The molecule has 0 saturated heterocycles. The van der Waals surface area contributed by atoms with E-state index in [0.29, 0.717) is 37.0 Å². The number of halogens is 3. The van der Waals surface area contributed by atoms with Crippen LogP contribution in [0.15, 0.2) is 60.7 Å². The number of anilines is 1. The molecule has 30 heavy (non-hydrogen) atoms. The summed E-state index contributed by atoms with van der Waals surface area (Å²) < 4.78 is 2.25. The van der Waals surface area contributed by atoms with Crippen LogP contribution in [0.5, 0.6) is 0 Å². The zero-order chi connectivity index (χ0) is 21.4. The average Bonchev–Trinajstić information content (AvgIpc) is 3.30. The number of para-hydroxylation sites is 1. The molecule has 2 aromatic carbocycles. The van der Waals surface area contributed by atoms with Gasteiger partial charge in [0.25, 0.3) is 5.91 Å². The van der Waals surface area contributed by atoms with E-state index in [0.717, 1.165) is 9.89 Å². The number of thiophene rings is 1. The lowest BCUT2D eigenvalue weighted by molar-refractivity contribution is 0.0981. The molecular formula is C21H15Cl3N4OS. The first-order valence-corrected chi connectivity index (χ1v) is 10.8. The zero-order valence-corrected chi connectivity index (χ0v) is 18.7. The highest BCUT2D eigenvalue weighted by Gasteiger charge is 2.26. The quantitative estimate of drug-likeness (QED) is 0.210. The fraction of sp³-hybridized carbons (Fsp3) is 0.0476. The van der Waals surface area contributed by atoms with E-state index in [4.69, 9.17) is 40.6 Å².